The van der Waals surface area contributed by atoms with Crippen LogP contribution in [0.4, 0.5) is 0 Å². The van der Waals surface area contributed by atoms with E-state index in [1.807, 2.05) is 24.3 Å². The molecule has 0 bridgehead atoms. The highest BCUT2D eigenvalue weighted by Gasteiger charge is 2.17. The highest BCUT2D eigenvalue weighted by atomic mass is 35.5. The lowest BCUT2D eigenvalue weighted by Crippen LogP contribution is -2.22. The Labute approximate surface area is 151 Å². The quantitative estimate of drug-likeness (QED) is 0.588. The van der Waals surface area contributed by atoms with Gasteiger partial charge in [-0.15, -0.1) is 11.3 Å². The Balaban J connectivity index is 1.48. The minimum absolute atomic E-state index is 0.126. The Hall–Kier alpha value is -2.77. The van der Waals surface area contributed by atoms with Crippen molar-refractivity contribution in [3.8, 4) is 11.4 Å². The lowest BCUT2D eigenvalue weighted by Gasteiger charge is -2.00. The zero-order valence-electron chi connectivity index (χ0n) is 12.8. The maximum atomic E-state index is 12.4. The van der Waals surface area contributed by atoms with E-state index in [0.29, 0.717) is 21.6 Å². The van der Waals surface area contributed by atoms with Crippen molar-refractivity contribution in [2.75, 3.05) is 0 Å². The summed E-state index contributed by atoms with van der Waals surface area (Å²) in [4.78, 5) is 21.1. The van der Waals surface area contributed by atoms with Crippen LogP contribution >= 0.6 is 22.9 Å². The third-order valence-corrected chi connectivity index (χ3v) is 5.22. The van der Waals surface area contributed by atoms with Crippen LogP contribution in [0, 0.1) is 0 Å². The van der Waals surface area contributed by atoms with Crippen LogP contribution in [0.2, 0.25) is 5.02 Å². The number of thiophene rings is 1. The van der Waals surface area contributed by atoms with Gasteiger partial charge < -0.3 is 9.84 Å². The number of amides is 1. The molecular formula is C17H11ClN4O2S. The zero-order chi connectivity index (χ0) is 17.2. The average Bonchev–Trinajstić information content (AvgIpc) is 3.26. The summed E-state index contributed by atoms with van der Waals surface area (Å²) in [7, 11) is 0. The molecule has 4 aromatic rings. The molecule has 25 heavy (non-hydrogen) atoms. The number of fused-ring (bicyclic) bond motifs is 1. The molecule has 6 nitrogen and oxygen atoms in total. The fourth-order valence-electron chi connectivity index (χ4n) is 2.34. The number of carbonyl (C=O) groups excluding carboxylic acids is 1. The van der Waals surface area contributed by atoms with Crippen LogP contribution in [-0.2, 0) is 6.54 Å². The van der Waals surface area contributed by atoms with E-state index >= 15 is 0 Å². The van der Waals surface area contributed by atoms with Gasteiger partial charge in [0.15, 0.2) is 0 Å². The maximum Gasteiger partial charge on any atom is 0.263 e. The standard InChI is InChI=1S/C17H11ClN4O2S/c18-14-11-3-1-2-4-12(11)25-15(14)17(23)20-9-13-21-16(22-24-13)10-5-7-19-8-6-10/h1-8H,9H2,(H,20,23). The minimum Gasteiger partial charge on any atom is -0.342 e. The molecule has 0 aliphatic rings. The summed E-state index contributed by atoms with van der Waals surface area (Å²) in [5, 5.41) is 7.99. The third kappa shape index (κ3) is 3.11. The van der Waals surface area contributed by atoms with Gasteiger partial charge >= 0.3 is 0 Å². The summed E-state index contributed by atoms with van der Waals surface area (Å²) < 4.78 is 6.14. The predicted molar refractivity (Wildman–Crippen MR) is 95.5 cm³/mol. The van der Waals surface area contributed by atoms with Gasteiger partial charge in [-0.25, -0.2) is 0 Å². The Kier molecular flexibility index (Phi) is 4.17. The van der Waals surface area contributed by atoms with Crippen molar-refractivity contribution in [1.29, 1.82) is 0 Å². The number of benzene rings is 1. The van der Waals surface area contributed by atoms with Crippen LogP contribution in [0.15, 0.2) is 53.3 Å². The van der Waals surface area contributed by atoms with E-state index < -0.39 is 0 Å². The fraction of sp³-hybridized carbons (Fsp3) is 0.0588. The summed E-state index contributed by atoms with van der Waals surface area (Å²) in [5.74, 6) is 0.499. The molecule has 124 valence electrons. The van der Waals surface area contributed by atoms with Gasteiger partial charge in [0.2, 0.25) is 11.7 Å². The van der Waals surface area contributed by atoms with E-state index in [9.17, 15) is 4.79 Å². The molecule has 3 aromatic heterocycles. The summed E-state index contributed by atoms with van der Waals surface area (Å²) in [6.07, 6.45) is 3.30. The van der Waals surface area contributed by atoms with E-state index in [-0.39, 0.29) is 12.5 Å². The van der Waals surface area contributed by atoms with E-state index in [1.165, 1.54) is 11.3 Å². The first-order chi connectivity index (χ1) is 12.2. The van der Waals surface area contributed by atoms with E-state index in [1.54, 1.807) is 24.5 Å². The molecule has 4 rings (SSSR count). The van der Waals surface area contributed by atoms with Gasteiger partial charge in [-0.3, -0.25) is 9.78 Å². The lowest BCUT2D eigenvalue weighted by molar-refractivity contribution is 0.0950. The molecule has 0 aliphatic heterocycles. The molecular weight excluding hydrogens is 360 g/mol. The normalized spacial score (nSPS) is 10.9. The topological polar surface area (TPSA) is 80.9 Å². The Morgan fingerprint density at radius 1 is 1.20 bits per heavy atom. The number of hydrogen-bond acceptors (Lipinski definition) is 6. The Morgan fingerprint density at radius 2 is 2.00 bits per heavy atom. The second-order valence-corrected chi connectivity index (χ2v) is 6.60. The van der Waals surface area contributed by atoms with Gasteiger partial charge in [-0.1, -0.05) is 35.0 Å². The van der Waals surface area contributed by atoms with Crippen molar-refractivity contribution < 1.29 is 9.32 Å². The number of hydrogen-bond donors (Lipinski definition) is 1. The van der Waals surface area contributed by atoms with Crippen LogP contribution in [0.1, 0.15) is 15.6 Å². The van der Waals surface area contributed by atoms with Crippen LogP contribution in [0.5, 0.6) is 0 Å². The second kappa shape index (κ2) is 6.62. The highest BCUT2D eigenvalue weighted by Crippen LogP contribution is 2.35. The number of halogens is 1. The zero-order valence-corrected chi connectivity index (χ0v) is 14.3. The summed E-state index contributed by atoms with van der Waals surface area (Å²) in [5.41, 5.74) is 0.795. The van der Waals surface area contributed by atoms with Crippen LogP contribution in [0.25, 0.3) is 21.5 Å². The van der Waals surface area contributed by atoms with Gasteiger partial charge in [0.25, 0.3) is 5.91 Å². The number of nitrogens with zero attached hydrogens (tertiary/aromatic N) is 3. The second-order valence-electron chi connectivity index (χ2n) is 5.17. The highest BCUT2D eigenvalue weighted by molar-refractivity contribution is 7.21. The van der Waals surface area contributed by atoms with Crippen molar-refractivity contribution in [2.24, 2.45) is 0 Å². The van der Waals surface area contributed by atoms with E-state index in [2.05, 4.69) is 20.4 Å². The smallest absolute Gasteiger partial charge is 0.263 e. The van der Waals surface area contributed by atoms with Crippen molar-refractivity contribution in [3.05, 3.63) is 64.6 Å². The largest absolute Gasteiger partial charge is 0.342 e. The van der Waals surface area contributed by atoms with Crippen LogP contribution in [0.3, 0.4) is 0 Å². The number of carbonyl (C=O) groups is 1. The molecule has 0 saturated carbocycles. The molecule has 0 aliphatic carbocycles. The number of nitrogens with one attached hydrogen (secondary N) is 1. The van der Waals surface area contributed by atoms with Crippen LogP contribution < -0.4 is 5.32 Å². The Morgan fingerprint density at radius 3 is 2.80 bits per heavy atom. The molecule has 0 saturated heterocycles. The fourth-order valence-corrected chi connectivity index (χ4v) is 3.77. The lowest BCUT2D eigenvalue weighted by atomic mass is 10.2. The first-order valence-electron chi connectivity index (χ1n) is 7.40. The molecule has 1 N–H and O–H groups in total. The van der Waals surface area contributed by atoms with E-state index in [0.717, 1.165) is 15.6 Å². The molecule has 0 atom stereocenters. The molecule has 0 spiro atoms. The molecule has 0 unspecified atom stereocenters. The average molecular weight is 371 g/mol. The van der Waals surface area contributed by atoms with Crippen LogP contribution in [-0.4, -0.2) is 21.0 Å². The molecule has 0 radical (unpaired) electrons. The van der Waals surface area contributed by atoms with Crippen molar-refractivity contribution in [3.63, 3.8) is 0 Å². The molecule has 0 fully saturated rings. The van der Waals surface area contributed by atoms with Crippen molar-refractivity contribution in [1.82, 2.24) is 20.4 Å². The van der Waals surface area contributed by atoms with Gasteiger partial charge in [0, 0.05) is 28.0 Å². The van der Waals surface area contributed by atoms with Gasteiger partial charge in [-0.05, 0) is 18.2 Å². The molecule has 1 aromatic carbocycles. The number of rotatable bonds is 4. The molecule has 8 heteroatoms. The first-order valence-corrected chi connectivity index (χ1v) is 8.60. The van der Waals surface area contributed by atoms with Crippen molar-refractivity contribution in [2.45, 2.75) is 6.54 Å². The minimum atomic E-state index is -0.269. The Bertz CT molecular complexity index is 1050. The predicted octanol–water partition coefficient (Wildman–Crippen LogP) is 3.93. The maximum absolute atomic E-state index is 12.4. The monoisotopic (exact) mass is 370 g/mol. The van der Waals surface area contributed by atoms with Gasteiger partial charge in [-0.2, -0.15) is 4.98 Å². The third-order valence-electron chi connectivity index (χ3n) is 3.55. The SMILES string of the molecule is O=C(NCc1nc(-c2ccncc2)no1)c1sc2ccccc2c1Cl. The number of pyridine rings is 1. The van der Waals surface area contributed by atoms with Gasteiger partial charge in [0.05, 0.1) is 11.6 Å². The van der Waals surface area contributed by atoms with E-state index in [4.69, 9.17) is 16.1 Å². The number of aromatic nitrogens is 3. The van der Waals surface area contributed by atoms with Gasteiger partial charge in [0.1, 0.15) is 4.88 Å². The first kappa shape index (κ1) is 15.7. The summed E-state index contributed by atoms with van der Waals surface area (Å²) in [6.45, 7) is 0.126. The summed E-state index contributed by atoms with van der Waals surface area (Å²) in [6, 6.07) is 11.2. The summed E-state index contributed by atoms with van der Waals surface area (Å²) >= 11 is 7.66. The van der Waals surface area contributed by atoms with Crippen molar-refractivity contribution >= 4 is 38.9 Å². The molecule has 3 heterocycles. The molecule has 1 amide bonds.